The average Bonchev–Trinajstić information content (AvgIpc) is 2.16. The first-order chi connectivity index (χ1) is 5.80. The molecule has 1 aliphatic heterocycles. The van der Waals surface area contributed by atoms with Crippen LogP contribution in [0.1, 0.15) is 1.43 Å². The van der Waals surface area contributed by atoms with Crippen LogP contribution in [0.4, 0.5) is 0 Å². The van der Waals surface area contributed by atoms with Crippen LogP contribution in [0.5, 0.6) is 0 Å². The first kappa shape index (κ1) is 9.85. The Morgan fingerprint density at radius 1 is 0.750 bits per heavy atom. The predicted octanol–water partition coefficient (Wildman–Crippen LogP) is -2.26. The Balaban J connectivity index is 0.00000144. The van der Waals surface area contributed by atoms with E-state index in [1.165, 1.54) is 0 Å². The molecule has 0 aromatic carbocycles. The fraction of sp³-hybridized carbons (Fsp3) is 1.00. The molecule has 0 radical (unpaired) electrons. The van der Waals surface area contributed by atoms with Gasteiger partial charge < -0.3 is 15.3 Å². The molecule has 6 nitrogen and oxygen atoms in total. The third kappa shape index (κ3) is 2.37. The number of rotatable bonds is 3. The van der Waals surface area contributed by atoms with Gasteiger partial charge in [-0.15, -0.1) is 0 Å². The van der Waals surface area contributed by atoms with Crippen LogP contribution >= 0.6 is 0 Å². The van der Waals surface area contributed by atoms with E-state index in [2.05, 4.69) is 0 Å². The molecule has 1 rings (SSSR count). The minimum Gasteiger partial charge on any atom is -0.381 e. The van der Waals surface area contributed by atoms with E-state index in [1.54, 1.807) is 14.7 Å². The molecular weight excluding hydrogens is 162 g/mol. The van der Waals surface area contributed by atoms with Crippen LogP contribution in [0.2, 0.25) is 0 Å². The second-order valence-electron chi connectivity index (χ2n) is 2.86. The summed E-state index contributed by atoms with van der Waals surface area (Å²) in [5, 5.41) is 26.5. The van der Waals surface area contributed by atoms with Crippen molar-refractivity contribution < 1.29 is 16.7 Å². The van der Waals surface area contributed by atoms with E-state index in [1.807, 2.05) is 0 Å². The molecule has 0 amide bonds. The van der Waals surface area contributed by atoms with E-state index in [0.29, 0.717) is 20.0 Å². The fourth-order valence-electron chi connectivity index (χ4n) is 1.25. The highest BCUT2D eigenvalue weighted by molar-refractivity contribution is 4.62. The van der Waals surface area contributed by atoms with Gasteiger partial charge in [-0.25, -0.2) is 0 Å². The van der Waals surface area contributed by atoms with Crippen LogP contribution in [0.15, 0.2) is 0 Å². The molecule has 0 unspecified atom stereocenters. The molecule has 0 aromatic heterocycles. The molecule has 0 aliphatic carbocycles. The Kier molecular flexibility index (Phi) is 3.86. The summed E-state index contributed by atoms with van der Waals surface area (Å²) >= 11 is 0. The van der Waals surface area contributed by atoms with Gasteiger partial charge in [0.1, 0.15) is 0 Å². The molecular formula is C6H16N3O3+. The normalized spacial score (nSPS) is 23.2. The van der Waals surface area contributed by atoms with Crippen molar-refractivity contribution in [2.24, 2.45) is 0 Å². The minimum absolute atomic E-state index is 0. The zero-order valence-corrected chi connectivity index (χ0v) is 6.93. The van der Waals surface area contributed by atoms with E-state index in [-0.39, 0.29) is 21.6 Å². The third-order valence-electron chi connectivity index (χ3n) is 1.80. The molecule has 72 valence electrons. The van der Waals surface area contributed by atoms with Crippen LogP contribution in [0, 0.1) is 0 Å². The lowest BCUT2D eigenvalue weighted by atomic mass is 10.5. The van der Waals surface area contributed by atoms with Crippen LogP contribution in [-0.2, 0) is 0 Å². The lowest BCUT2D eigenvalue weighted by Gasteiger charge is -2.39. The molecule has 1 aliphatic rings. The van der Waals surface area contributed by atoms with E-state index in [0.717, 1.165) is 0 Å². The molecule has 12 heavy (non-hydrogen) atoms. The maximum atomic E-state index is 8.83. The van der Waals surface area contributed by atoms with E-state index in [4.69, 9.17) is 15.3 Å². The highest BCUT2D eigenvalue weighted by Crippen LogP contribution is 2.04. The summed E-state index contributed by atoms with van der Waals surface area (Å²) in [5.74, 6) is 0. The number of aliphatic hydroxyl groups excluding tert-OH is 3. The second-order valence-corrected chi connectivity index (χ2v) is 2.86. The summed E-state index contributed by atoms with van der Waals surface area (Å²) in [5.41, 5.74) is 0. The standard InChI is InChI=1S/C6H15N3O3/c10-4-7-1-8(5-11)3-9(2-7)6-12/h10-12H,1-6H2/p+1. The van der Waals surface area contributed by atoms with Gasteiger partial charge in [-0.3, -0.25) is 14.7 Å². The lowest BCUT2D eigenvalue weighted by Crippen LogP contribution is -2.55. The van der Waals surface area contributed by atoms with Crippen LogP contribution < -0.4 is 0 Å². The van der Waals surface area contributed by atoms with Crippen molar-refractivity contribution in [1.82, 2.24) is 14.7 Å². The number of nitrogens with zero attached hydrogens (tertiary/aromatic N) is 3. The van der Waals surface area contributed by atoms with E-state index in [9.17, 15) is 0 Å². The smallest absolute Gasteiger partial charge is 0.381 e. The molecule has 0 atom stereocenters. The van der Waals surface area contributed by atoms with Gasteiger partial charge in [0.25, 0.3) is 0 Å². The molecule has 0 bridgehead atoms. The van der Waals surface area contributed by atoms with Crippen molar-refractivity contribution in [3.63, 3.8) is 0 Å². The zero-order valence-electron chi connectivity index (χ0n) is 7.93. The SMILES string of the molecule is OCN1CN(CO)CN(CO)C1.[H+]. The first-order valence-electron chi connectivity index (χ1n) is 3.79. The average molecular weight is 178 g/mol. The molecule has 3 N–H and O–H groups in total. The molecule has 1 fully saturated rings. The van der Waals surface area contributed by atoms with Crippen molar-refractivity contribution in [3.05, 3.63) is 0 Å². The molecule has 6 heteroatoms. The maximum Gasteiger partial charge on any atom is 1.00 e. The molecule has 1 heterocycles. The zero-order chi connectivity index (χ0) is 8.97. The Labute approximate surface area is 72.7 Å². The Hall–Kier alpha value is -0.240. The van der Waals surface area contributed by atoms with Gasteiger partial charge in [-0.2, -0.15) is 0 Å². The molecule has 0 spiro atoms. The Bertz CT molecular complexity index is 111. The van der Waals surface area contributed by atoms with Gasteiger partial charge in [-0.1, -0.05) is 0 Å². The summed E-state index contributed by atoms with van der Waals surface area (Å²) in [6, 6.07) is 0. The van der Waals surface area contributed by atoms with Gasteiger partial charge in [0, 0.05) is 0 Å². The lowest BCUT2D eigenvalue weighted by molar-refractivity contribution is -0.112. The maximum absolute atomic E-state index is 8.83. The van der Waals surface area contributed by atoms with Crippen LogP contribution in [-0.4, -0.2) is 70.2 Å². The van der Waals surface area contributed by atoms with Crippen LogP contribution in [0.3, 0.4) is 0 Å². The van der Waals surface area contributed by atoms with Gasteiger partial charge in [0.15, 0.2) is 0 Å². The quantitative estimate of drug-likeness (QED) is 0.453. The van der Waals surface area contributed by atoms with Gasteiger partial charge >= 0.3 is 1.43 Å². The summed E-state index contributed by atoms with van der Waals surface area (Å²) in [6.45, 7) is 1.41. The van der Waals surface area contributed by atoms with Gasteiger partial charge in [-0.05, 0) is 0 Å². The minimum atomic E-state index is -0.0625. The molecule has 1 saturated heterocycles. The number of hydrogen-bond acceptors (Lipinski definition) is 6. The van der Waals surface area contributed by atoms with Crippen molar-refractivity contribution in [3.8, 4) is 0 Å². The monoisotopic (exact) mass is 178 g/mol. The topological polar surface area (TPSA) is 70.4 Å². The van der Waals surface area contributed by atoms with Gasteiger partial charge in [0.2, 0.25) is 0 Å². The highest BCUT2D eigenvalue weighted by Gasteiger charge is 2.20. The summed E-state index contributed by atoms with van der Waals surface area (Å²) < 4.78 is 0. The fourth-order valence-corrected chi connectivity index (χ4v) is 1.25. The van der Waals surface area contributed by atoms with E-state index >= 15 is 0 Å². The summed E-state index contributed by atoms with van der Waals surface area (Å²) in [7, 11) is 0. The molecule has 0 aromatic rings. The summed E-state index contributed by atoms with van der Waals surface area (Å²) in [4.78, 5) is 5.11. The van der Waals surface area contributed by atoms with Crippen molar-refractivity contribution >= 4 is 0 Å². The third-order valence-corrected chi connectivity index (χ3v) is 1.80. The van der Waals surface area contributed by atoms with Crippen molar-refractivity contribution in [2.75, 3.05) is 40.2 Å². The second kappa shape index (κ2) is 4.70. The number of aliphatic hydroxyl groups is 3. The number of hydrogen-bond donors (Lipinski definition) is 3. The molecule has 0 saturated carbocycles. The van der Waals surface area contributed by atoms with Crippen molar-refractivity contribution in [2.45, 2.75) is 0 Å². The highest BCUT2D eigenvalue weighted by atomic mass is 16.3. The largest absolute Gasteiger partial charge is 1.00 e. The first-order valence-corrected chi connectivity index (χ1v) is 3.79. The van der Waals surface area contributed by atoms with Crippen molar-refractivity contribution in [1.29, 1.82) is 0 Å². The predicted molar refractivity (Wildman–Crippen MR) is 42.5 cm³/mol. The van der Waals surface area contributed by atoms with Crippen LogP contribution in [0.25, 0.3) is 0 Å². The Morgan fingerprint density at radius 2 is 1.00 bits per heavy atom. The summed E-state index contributed by atoms with van der Waals surface area (Å²) in [6.07, 6.45) is 0. The van der Waals surface area contributed by atoms with Gasteiger partial charge in [0.05, 0.1) is 40.2 Å². The van der Waals surface area contributed by atoms with E-state index < -0.39 is 0 Å². The Morgan fingerprint density at radius 3 is 1.17 bits per heavy atom.